The van der Waals surface area contributed by atoms with Crippen molar-refractivity contribution in [3.8, 4) is 0 Å². The van der Waals surface area contributed by atoms with Crippen molar-refractivity contribution >= 4 is 16.6 Å². The Kier molecular flexibility index (Phi) is 4.07. The Labute approximate surface area is 130 Å². The summed E-state index contributed by atoms with van der Waals surface area (Å²) in [6.45, 7) is 4.27. The topological polar surface area (TPSA) is 45.1 Å². The van der Waals surface area contributed by atoms with Gasteiger partial charge in [0.25, 0.3) is 0 Å². The number of aliphatic hydroxyl groups is 1. The predicted octanol–water partition coefficient (Wildman–Crippen LogP) is 4.21. The third kappa shape index (κ3) is 2.81. The number of rotatable bonds is 4. The molecular formula is C19H20N2O. The van der Waals surface area contributed by atoms with Gasteiger partial charge in [0.05, 0.1) is 12.1 Å². The first-order chi connectivity index (χ1) is 10.7. The Morgan fingerprint density at radius 3 is 2.82 bits per heavy atom. The highest BCUT2D eigenvalue weighted by atomic mass is 16.3. The van der Waals surface area contributed by atoms with E-state index >= 15 is 0 Å². The van der Waals surface area contributed by atoms with Gasteiger partial charge in [-0.05, 0) is 48.7 Å². The zero-order valence-electron chi connectivity index (χ0n) is 12.9. The zero-order chi connectivity index (χ0) is 15.5. The molecule has 0 saturated carbocycles. The van der Waals surface area contributed by atoms with Gasteiger partial charge in [-0.15, -0.1) is 0 Å². The lowest BCUT2D eigenvalue weighted by Crippen LogP contribution is -2.07. The van der Waals surface area contributed by atoms with Gasteiger partial charge in [-0.3, -0.25) is 4.98 Å². The van der Waals surface area contributed by atoms with E-state index in [1.165, 1.54) is 5.56 Å². The van der Waals surface area contributed by atoms with E-state index in [2.05, 4.69) is 48.4 Å². The highest BCUT2D eigenvalue weighted by molar-refractivity contribution is 5.93. The average molecular weight is 292 g/mol. The van der Waals surface area contributed by atoms with Crippen molar-refractivity contribution in [3.05, 3.63) is 71.4 Å². The molecule has 3 rings (SSSR count). The molecule has 0 aliphatic carbocycles. The van der Waals surface area contributed by atoms with E-state index in [0.29, 0.717) is 0 Å². The molecule has 0 amide bonds. The van der Waals surface area contributed by atoms with Crippen LogP contribution in [0.5, 0.6) is 0 Å². The number of aryl methyl sites for hydroxylation is 1. The molecule has 22 heavy (non-hydrogen) atoms. The summed E-state index contributed by atoms with van der Waals surface area (Å²) in [4.78, 5) is 4.48. The van der Waals surface area contributed by atoms with Crippen LogP contribution in [0.25, 0.3) is 10.9 Å². The first-order valence-electron chi connectivity index (χ1n) is 7.49. The molecule has 2 N–H and O–H groups in total. The van der Waals surface area contributed by atoms with E-state index in [0.717, 1.165) is 27.7 Å². The summed E-state index contributed by atoms with van der Waals surface area (Å²) in [6.07, 6.45) is 1.83. The molecule has 2 aromatic carbocycles. The first kappa shape index (κ1) is 14.5. The molecule has 0 saturated heterocycles. The Bertz CT molecular complexity index is 798. The second-order valence-electron chi connectivity index (χ2n) is 5.60. The van der Waals surface area contributed by atoms with Crippen LogP contribution < -0.4 is 5.32 Å². The first-order valence-corrected chi connectivity index (χ1v) is 7.49. The number of nitrogens with one attached hydrogen (secondary N) is 1. The van der Waals surface area contributed by atoms with Gasteiger partial charge >= 0.3 is 0 Å². The number of hydrogen-bond donors (Lipinski definition) is 2. The molecule has 1 heterocycles. The second kappa shape index (κ2) is 6.16. The van der Waals surface area contributed by atoms with E-state index in [-0.39, 0.29) is 12.6 Å². The highest BCUT2D eigenvalue weighted by Crippen LogP contribution is 2.28. The van der Waals surface area contributed by atoms with E-state index < -0.39 is 0 Å². The van der Waals surface area contributed by atoms with E-state index in [1.807, 2.05) is 30.5 Å². The van der Waals surface area contributed by atoms with E-state index in [4.69, 9.17) is 0 Å². The van der Waals surface area contributed by atoms with Crippen molar-refractivity contribution < 1.29 is 5.11 Å². The minimum absolute atomic E-state index is 0.0674. The Hall–Kier alpha value is -2.39. The molecule has 1 aromatic heterocycles. The van der Waals surface area contributed by atoms with Crippen LogP contribution in [0, 0.1) is 6.92 Å². The maximum Gasteiger partial charge on any atom is 0.0751 e. The molecule has 0 spiro atoms. The predicted molar refractivity (Wildman–Crippen MR) is 90.9 cm³/mol. The molecule has 0 radical (unpaired) electrons. The van der Waals surface area contributed by atoms with Gasteiger partial charge in [-0.25, -0.2) is 0 Å². The highest BCUT2D eigenvalue weighted by Gasteiger charge is 2.09. The molecule has 0 aliphatic heterocycles. The minimum Gasteiger partial charge on any atom is -0.392 e. The number of nitrogens with zero attached hydrogens (tertiary/aromatic N) is 1. The molecule has 0 aliphatic rings. The number of benzene rings is 2. The zero-order valence-corrected chi connectivity index (χ0v) is 12.9. The van der Waals surface area contributed by atoms with E-state index in [9.17, 15) is 5.11 Å². The van der Waals surface area contributed by atoms with Gasteiger partial charge in [-0.1, -0.05) is 30.3 Å². The summed E-state index contributed by atoms with van der Waals surface area (Å²) >= 11 is 0. The molecule has 0 fully saturated rings. The molecule has 3 nitrogen and oxygen atoms in total. The standard InChI is InChI=1S/C19H20N2O/c1-13-8-9-18(17-7-4-10-20-19(13)17)21-14(2)16-6-3-5-15(11-16)12-22/h3-11,14,21-22H,12H2,1-2H3. The summed E-state index contributed by atoms with van der Waals surface area (Å²) in [6, 6.07) is 16.4. The quantitative estimate of drug-likeness (QED) is 0.757. The molecule has 3 aromatic rings. The normalized spacial score (nSPS) is 12.3. The van der Waals surface area contributed by atoms with Crippen LogP contribution in [0.15, 0.2) is 54.7 Å². The van der Waals surface area contributed by atoms with Crippen molar-refractivity contribution in [2.24, 2.45) is 0 Å². The number of aromatic nitrogens is 1. The van der Waals surface area contributed by atoms with Gasteiger partial charge in [0, 0.05) is 23.3 Å². The molecule has 3 heteroatoms. The monoisotopic (exact) mass is 292 g/mol. The second-order valence-corrected chi connectivity index (χ2v) is 5.60. The maximum atomic E-state index is 9.28. The lowest BCUT2D eigenvalue weighted by atomic mass is 10.0. The Balaban J connectivity index is 1.94. The lowest BCUT2D eigenvalue weighted by Gasteiger charge is -2.18. The third-order valence-corrected chi connectivity index (χ3v) is 3.98. The Morgan fingerprint density at radius 2 is 2.00 bits per heavy atom. The van der Waals surface area contributed by atoms with Crippen LogP contribution in [-0.4, -0.2) is 10.1 Å². The smallest absolute Gasteiger partial charge is 0.0751 e. The lowest BCUT2D eigenvalue weighted by molar-refractivity contribution is 0.281. The number of anilines is 1. The fourth-order valence-corrected chi connectivity index (χ4v) is 2.72. The molecular weight excluding hydrogens is 272 g/mol. The Morgan fingerprint density at radius 1 is 1.14 bits per heavy atom. The van der Waals surface area contributed by atoms with Crippen molar-refractivity contribution in [1.29, 1.82) is 0 Å². The van der Waals surface area contributed by atoms with Gasteiger partial charge < -0.3 is 10.4 Å². The molecule has 112 valence electrons. The minimum atomic E-state index is 0.0674. The van der Waals surface area contributed by atoms with Crippen molar-refractivity contribution in [2.75, 3.05) is 5.32 Å². The van der Waals surface area contributed by atoms with Gasteiger partial charge in [0.2, 0.25) is 0 Å². The fourth-order valence-electron chi connectivity index (χ4n) is 2.72. The van der Waals surface area contributed by atoms with Crippen LogP contribution in [0.2, 0.25) is 0 Å². The SMILES string of the molecule is Cc1ccc(NC(C)c2cccc(CO)c2)c2cccnc12. The number of aliphatic hydroxyl groups excluding tert-OH is 1. The van der Waals surface area contributed by atoms with Gasteiger partial charge in [-0.2, -0.15) is 0 Å². The van der Waals surface area contributed by atoms with Gasteiger partial charge in [0.1, 0.15) is 0 Å². The third-order valence-electron chi connectivity index (χ3n) is 3.98. The van der Waals surface area contributed by atoms with Crippen molar-refractivity contribution in [1.82, 2.24) is 4.98 Å². The fraction of sp³-hybridized carbons (Fsp3) is 0.211. The van der Waals surface area contributed by atoms with Crippen LogP contribution >= 0.6 is 0 Å². The largest absolute Gasteiger partial charge is 0.392 e. The number of pyridine rings is 1. The number of fused-ring (bicyclic) bond motifs is 1. The van der Waals surface area contributed by atoms with E-state index in [1.54, 1.807) is 0 Å². The molecule has 0 bridgehead atoms. The maximum absolute atomic E-state index is 9.28. The number of hydrogen-bond acceptors (Lipinski definition) is 3. The van der Waals surface area contributed by atoms with Crippen molar-refractivity contribution in [2.45, 2.75) is 26.5 Å². The van der Waals surface area contributed by atoms with Crippen LogP contribution in [0.3, 0.4) is 0 Å². The summed E-state index contributed by atoms with van der Waals surface area (Å²) in [5.74, 6) is 0. The van der Waals surface area contributed by atoms with Crippen LogP contribution in [0.1, 0.15) is 29.7 Å². The summed E-state index contributed by atoms with van der Waals surface area (Å²) in [5.41, 5.74) is 5.38. The van der Waals surface area contributed by atoms with Crippen molar-refractivity contribution in [3.63, 3.8) is 0 Å². The van der Waals surface area contributed by atoms with Crippen LogP contribution in [-0.2, 0) is 6.61 Å². The van der Waals surface area contributed by atoms with Crippen LogP contribution in [0.4, 0.5) is 5.69 Å². The molecule has 1 atom stereocenters. The summed E-state index contributed by atoms with van der Waals surface area (Å²) < 4.78 is 0. The summed E-state index contributed by atoms with van der Waals surface area (Å²) in [7, 11) is 0. The summed E-state index contributed by atoms with van der Waals surface area (Å²) in [5, 5.41) is 14.0. The molecule has 1 unspecified atom stereocenters. The average Bonchev–Trinajstić information content (AvgIpc) is 2.57. The van der Waals surface area contributed by atoms with Gasteiger partial charge in [0.15, 0.2) is 0 Å².